The smallest absolute Gasteiger partial charge is 0.209 e. The van der Waals surface area contributed by atoms with Crippen LogP contribution in [0.5, 0.6) is 5.75 Å². The Kier molecular flexibility index (Phi) is 7.41. The van der Waals surface area contributed by atoms with E-state index in [1.165, 1.54) is 32.6 Å². The van der Waals surface area contributed by atoms with E-state index in [-0.39, 0.29) is 18.2 Å². The molecule has 6 heteroatoms. The highest BCUT2D eigenvalue weighted by Gasteiger charge is 2.29. The van der Waals surface area contributed by atoms with Crippen LogP contribution in [0.1, 0.15) is 43.0 Å². The lowest BCUT2D eigenvalue weighted by molar-refractivity contribution is -0.123. The molecular weight excluding hydrogens is 340 g/mol. The molecule has 1 aromatic carbocycles. The van der Waals surface area contributed by atoms with Gasteiger partial charge in [-0.05, 0) is 44.0 Å². The Bertz CT molecular complexity index is 565. The summed E-state index contributed by atoms with van der Waals surface area (Å²) in [4.78, 5) is 27.5. The van der Waals surface area contributed by atoms with E-state index in [4.69, 9.17) is 4.74 Å². The van der Waals surface area contributed by atoms with Gasteiger partial charge < -0.3 is 4.74 Å². The topological polar surface area (TPSA) is 49.9 Å². The minimum absolute atomic E-state index is 0. The molecule has 0 N–H and O–H groups in total. The zero-order valence-corrected chi connectivity index (χ0v) is 15.5. The molecule has 138 valence electrons. The van der Waals surface area contributed by atoms with E-state index >= 15 is 0 Å². The Balaban J connectivity index is 0.00000225. The Morgan fingerprint density at radius 3 is 2.24 bits per heavy atom. The maximum absolute atomic E-state index is 11.5. The first-order chi connectivity index (χ1) is 11.7. The molecule has 2 aliphatic rings. The summed E-state index contributed by atoms with van der Waals surface area (Å²) >= 11 is 0. The van der Waals surface area contributed by atoms with Crippen molar-refractivity contribution >= 4 is 24.5 Å². The molecule has 1 saturated carbocycles. The van der Waals surface area contributed by atoms with Crippen LogP contribution < -0.4 is 4.74 Å². The van der Waals surface area contributed by atoms with E-state index in [9.17, 15) is 9.59 Å². The van der Waals surface area contributed by atoms with Gasteiger partial charge in [0.2, 0.25) is 6.23 Å². The molecule has 1 saturated heterocycles. The third-order valence-electron chi connectivity index (χ3n) is 5.18. The molecule has 0 radical (unpaired) electrons. The summed E-state index contributed by atoms with van der Waals surface area (Å²) in [6, 6.07) is 7.71. The summed E-state index contributed by atoms with van der Waals surface area (Å²) in [6.07, 6.45) is 5.64. The molecular formula is C19H27ClN2O3. The van der Waals surface area contributed by atoms with Gasteiger partial charge in [-0.25, -0.2) is 0 Å². The molecule has 1 aromatic rings. The number of halogens is 1. The highest BCUT2D eigenvalue weighted by Crippen LogP contribution is 2.25. The highest BCUT2D eigenvalue weighted by molar-refractivity contribution is 5.94. The number of nitrogens with zero attached hydrogens (tertiary/aromatic N) is 2. The fraction of sp³-hybridized carbons (Fsp3) is 0.579. The Labute approximate surface area is 155 Å². The molecule has 1 unspecified atom stereocenters. The maximum Gasteiger partial charge on any atom is 0.209 e. The fourth-order valence-corrected chi connectivity index (χ4v) is 3.72. The number of piperazine rings is 1. The molecule has 0 spiro atoms. The molecule has 2 fully saturated rings. The Morgan fingerprint density at radius 2 is 1.72 bits per heavy atom. The Hall–Kier alpha value is -1.43. The van der Waals surface area contributed by atoms with Gasteiger partial charge in [0.05, 0.1) is 0 Å². The second kappa shape index (κ2) is 9.32. The number of carbonyl (C=O) groups is 2. The summed E-state index contributed by atoms with van der Waals surface area (Å²) in [5.74, 6) is 0.645. The third-order valence-corrected chi connectivity index (χ3v) is 5.18. The van der Waals surface area contributed by atoms with Crippen LogP contribution in [0, 0.1) is 0 Å². The normalized spacial score (nSPS) is 20.7. The molecule has 0 aromatic heterocycles. The number of aldehydes is 1. The number of rotatable bonds is 6. The zero-order chi connectivity index (χ0) is 16.9. The average Bonchev–Trinajstić information content (AvgIpc) is 3.15. The van der Waals surface area contributed by atoms with Crippen LogP contribution >= 0.6 is 12.4 Å². The minimum atomic E-state index is -0.557. The van der Waals surface area contributed by atoms with Gasteiger partial charge in [-0.3, -0.25) is 19.4 Å². The van der Waals surface area contributed by atoms with Crippen molar-refractivity contribution in [2.24, 2.45) is 0 Å². The predicted octanol–water partition coefficient (Wildman–Crippen LogP) is 2.78. The van der Waals surface area contributed by atoms with Gasteiger partial charge in [0.25, 0.3) is 0 Å². The van der Waals surface area contributed by atoms with Gasteiger partial charge in [-0.15, -0.1) is 12.4 Å². The largest absolute Gasteiger partial charge is 0.468 e. The maximum atomic E-state index is 11.5. The van der Waals surface area contributed by atoms with E-state index in [1.54, 1.807) is 24.3 Å². The third kappa shape index (κ3) is 5.03. The fourth-order valence-electron chi connectivity index (χ4n) is 3.72. The number of benzene rings is 1. The van der Waals surface area contributed by atoms with E-state index in [0.29, 0.717) is 11.3 Å². The molecule has 0 bridgehead atoms. The summed E-state index contributed by atoms with van der Waals surface area (Å²) in [5.41, 5.74) is 0.648. The summed E-state index contributed by atoms with van der Waals surface area (Å²) in [6.45, 7) is 5.24. The van der Waals surface area contributed by atoms with Crippen molar-refractivity contribution in [3.8, 4) is 5.75 Å². The zero-order valence-electron chi connectivity index (χ0n) is 14.7. The summed E-state index contributed by atoms with van der Waals surface area (Å²) in [5, 5.41) is 0. The summed E-state index contributed by atoms with van der Waals surface area (Å²) < 4.78 is 5.83. The van der Waals surface area contributed by atoms with E-state index in [2.05, 4.69) is 9.80 Å². The van der Waals surface area contributed by atoms with Crippen molar-refractivity contribution < 1.29 is 14.3 Å². The van der Waals surface area contributed by atoms with Gasteiger partial charge in [-0.2, -0.15) is 0 Å². The lowest BCUT2D eigenvalue weighted by Gasteiger charge is -2.39. The van der Waals surface area contributed by atoms with Crippen LogP contribution in [0.25, 0.3) is 0 Å². The van der Waals surface area contributed by atoms with Gasteiger partial charge in [0.15, 0.2) is 12.1 Å². The first-order valence-electron chi connectivity index (χ1n) is 8.88. The van der Waals surface area contributed by atoms with Gasteiger partial charge in [0.1, 0.15) is 5.75 Å². The number of Topliss-reactive ketones (excluding diaryl/α,β-unsaturated/α-hetero) is 1. The van der Waals surface area contributed by atoms with Crippen LogP contribution in [-0.2, 0) is 4.79 Å². The minimum Gasteiger partial charge on any atom is -0.468 e. The van der Waals surface area contributed by atoms with Crippen molar-refractivity contribution in [3.63, 3.8) is 0 Å². The lowest BCUT2D eigenvalue weighted by Crippen LogP contribution is -2.54. The molecule has 1 atom stereocenters. The van der Waals surface area contributed by atoms with Crippen LogP contribution in [0.3, 0.4) is 0 Å². The van der Waals surface area contributed by atoms with E-state index < -0.39 is 6.23 Å². The van der Waals surface area contributed by atoms with Crippen LogP contribution in [0.4, 0.5) is 0 Å². The van der Waals surface area contributed by atoms with Crippen molar-refractivity contribution in [3.05, 3.63) is 29.8 Å². The van der Waals surface area contributed by atoms with Crippen LogP contribution in [0.2, 0.25) is 0 Å². The number of ether oxygens (including phenoxy) is 1. The van der Waals surface area contributed by atoms with Crippen LogP contribution in [-0.4, -0.2) is 60.3 Å². The first-order valence-corrected chi connectivity index (χ1v) is 8.88. The summed E-state index contributed by atoms with van der Waals surface area (Å²) in [7, 11) is 0. The number of carbonyl (C=O) groups excluding carboxylic acids is 2. The van der Waals surface area contributed by atoms with Crippen molar-refractivity contribution in [1.29, 1.82) is 0 Å². The van der Waals surface area contributed by atoms with Crippen LogP contribution in [0.15, 0.2) is 24.3 Å². The second-order valence-corrected chi connectivity index (χ2v) is 6.74. The van der Waals surface area contributed by atoms with E-state index in [0.717, 1.165) is 38.5 Å². The SMILES string of the molecule is CC(=O)c1ccc(OC(C=O)N2CCN(C3CCCC3)CC2)cc1.Cl. The number of ketones is 1. The molecule has 1 aliphatic carbocycles. The Morgan fingerprint density at radius 1 is 1.12 bits per heavy atom. The molecule has 1 aliphatic heterocycles. The second-order valence-electron chi connectivity index (χ2n) is 6.74. The average molecular weight is 367 g/mol. The monoisotopic (exact) mass is 366 g/mol. The standard InChI is InChI=1S/C19H26N2O3.ClH/c1-15(23)16-6-8-18(9-7-16)24-19(14-22)21-12-10-20(11-13-21)17-4-2-3-5-17;/h6-9,14,17,19H,2-5,10-13H2,1H3;1H. The predicted molar refractivity (Wildman–Crippen MR) is 99.6 cm³/mol. The highest BCUT2D eigenvalue weighted by atomic mass is 35.5. The van der Waals surface area contributed by atoms with Gasteiger partial charge >= 0.3 is 0 Å². The molecule has 1 heterocycles. The molecule has 5 nitrogen and oxygen atoms in total. The molecule has 3 rings (SSSR count). The lowest BCUT2D eigenvalue weighted by atomic mass is 10.1. The molecule has 25 heavy (non-hydrogen) atoms. The number of hydrogen-bond donors (Lipinski definition) is 0. The van der Waals surface area contributed by atoms with Crippen molar-refractivity contribution in [2.45, 2.75) is 44.9 Å². The first kappa shape index (κ1) is 19.9. The van der Waals surface area contributed by atoms with Crippen molar-refractivity contribution in [1.82, 2.24) is 9.80 Å². The number of hydrogen-bond acceptors (Lipinski definition) is 5. The van der Waals surface area contributed by atoms with Gasteiger partial charge in [-0.1, -0.05) is 12.8 Å². The quantitative estimate of drug-likeness (QED) is 0.572. The van der Waals surface area contributed by atoms with E-state index in [1.807, 2.05) is 0 Å². The van der Waals surface area contributed by atoms with Gasteiger partial charge in [0, 0.05) is 37.8 Å². The molecule has 0 amide bonds. The van der Waals surface area contributed by atoms with Crippen molar-refractivity contribution in [2.75, 3.05) is 26.2 Å².